The molecule has 3 heteroatoms. The Kier molecular flexibility index (Phi) is 3.93. The predicted molar refractivity (Wildman–Crippen MR) is 84.3 cm³/mol. The third-order valence-corrected chi connectivity index (χ3v) is 4.54. The lowest BCUT2D eigenvalue weighted by Gasteiger charge is -2.35. The van der Waals surface area contributed by atoms with Crippen LogP contribution in [0.2, 0.25) is 0 Å². The minimum atomic E-state index is -0.0977. The zero-order chi connectivity index (χ0) is 14.8. The van der Waals surface area contributed by atoms with Crippen LogP contribution < -0.4 is 0 Å². The molecule has 3 nitrogen and oxygen atoms in total. The maximum atomic E-state index is 12.2. The Labute approximate surface area is 125 Å². The monoisotopic (exact) mass is 283 g/mol. The van der Waals surface area contributed by atoms with Gasteiger partial charge in [0, 0.05) is 12.5 Å². The molecule has 1 aliphatic heterocycles. The minimum Gasteiger partial charge on any atom is -0.469 e. The van der Waals surface area contributed by atoms with Gasteiger partial charge in [-0.05, 0) is 36.3 Å². The van der Waals surface area contributed by atoms with Crippen LogP contribution >= 0.6 is 0 Å². The molecule has 1 aliphatic rings. The van der Waals surface area contributed by atoms with E-state index in [2.05, 4.69) is 54.4 Å². The number of methoxy groups -OCH3 is 1. The first-order valence-electron chi connectivity index (χ1n) is 7.44. The molecular formula is C18H21NO2. The number of piperidine rings is 1. The standard InChI is InChI=1S/C18H21NO2/c1-19-11-10-16(17(12-19)18(20)21-2)15-9-5-7-13-6-3-4-8-14(13)15/h3-9,16-17H,10-12H2,1-2H3/t16-,17-/m1/s1. The Bertz CT molecular complexity index is 647. The summed E-state index contributed by atoms with van der Waals surface area (Å²) in [6.07, 6.45) is 0.990. The van der Waals surface area contributed by atoms with Crippen LogP contribution in [0.25, 0.3) is 10.8 Å². The normalized spacial score (nSPS) is 23.1. The smallest absolute Gasteiger partial charge is 0.310 e. The van der Waals surface area contributed by atoms with E-state index in [1.165, 1.54) is 23.4 Å². The number of likely N-dealkylation sites (tertiary alicyclic amines) is 1. The quantitative estimate of drug-likeness (QED) is 0.793. The molecule has 0 spiro atoms. The number of fused-ring (bicyclic) bond motifs is 1. The number of nitrogens with zero attached hydrogens (tertiary/aromatic N) is 1. The van der Waals surface area contributed by atoms with Gasteiger partial charge in [-0.1, -0.05) is 42.5 Å². The summed E-state index contributed by atoms with van der Waals surface area (Å²) in [5.74, 6) is 0.0544. The summed E-state index contributed by atoms with van der Waals surface area (Å²) < 4.78 is 5.04. The molecular weight excluding hydrogens is 262 g/mol. The Morgan fingerprint density at radius 1 is 1.19 bits per heavy atom. The summed E-state index contributed by atoms with van der Waals surface area (Å²) in [6.45, 7) is 1.78. The largest absolute Gasteiger partial charge is 0.469 e. The molecule has 0 aromatic heterocycles. The van der Waals surface area contributed by atoms with Crippen molar-refractivity contribution in [2.45, 2.75) is 12.3 Å². The van der Waals surface area contributed by atoms with Crippen molar-refractivity contribution in [3.63, 3.8) is 0 Å². The average molecular weight is 283 g/mol. The second-order valence-corrected chi connectivity index (χ2v) is 5.86. The molecule has 1 fully saturated rings. The van der Waals surface area contributed by atoms with Gasteiger partial charge in [0.15, 0.2) is 0 Å². The molecule has 2 atom stereocenters. The highest BCUT2D eigenvalue weighted by Crippen LogP contribution is 2.37. The van der Waals surface area contributed by atoms with Crippen LogP contribution in [0.4, 0.5) is 0 Å². The van der Waals surface area contributed by atoms with Gasteiger partial charge in [0.25, 0.3) is 0 Å². The van der Waals surface area contributed by atoms with Crippen molar-refractivity contribution in [3.8, 4) is 0 Å². The highest BCUT2D eigenvalue weighted by atomic mass is 16.5. The number of hydrogen-bond acceptors (Lipinski definition) is 3. The highest BCUT2D eigenvalue weighted by molar-refractivity contribution is 5.87. The predicted octanol–water partition coefficient (Wildman–Crippen LogP) is 3.05. The van der Waals surface area contributed by atoms with E-state index in [0.717, 1.165) is 19.5 Å². The van der Waals surface area contributed by atoms with E-state index in [1.54, 1.807) is 0 Å². The number of carbonyl (C=O) groups is 1. The lowest BCUT2D eigenvalue weighted by molar-refractivity contribution is -0.148. The summed E-state index contributed by atoms with van der Waals surface area (Å²) in [5, 5.41) is 2.49. The van der Waals surface area contributed by atoms with Gasteiger partial charge in [-0.15, -0.1) is 0 Å². The van der Waals surface area contributed by atoms with Crippen molar-refractivity contribution in [1.82, 2.24) is 4.90 Å². The molecule has 0 amide bonds. The third-order valence-electron chi connectivity index (χ3n) is 4.54. The first-order valence-corrected chi connectivity index (χ1v) is 7.44. The number of esters is 1. The van der Waals surface area contributed by atoms with Crippen LogP contribution in [-0.4, -0.2) is 38.1 Å². The van der Waals surface area contributed by atoms with Crippen LogP contribution in [0, 0.1) is 5.92 Å². The van der Waals surface area contributed by atoms with Crippen molar-refractivity contribution >= 4 is 16.7 Å². The second-order valence-electron chi connectivity index (χ2n) is 5.86. The van der Waals surface area contributed by atoms with E-state index < -0.39 is 0 Å². The molecule has 3 rings (SSSR count). The fourth-order valence-electron chi connectivity index (χ4n) is 3.45. The number of benzene rings is 2. The van der Waals surface area contributed by atoms with Crippen molar-refractivity contribution < 1.29 is 9.53 Å². The molecule has 0 saturated carbocycles. The lowest BCUT2D eigenvalue weighted by Crippen LogP contribution is -2.41. The van der Waals surface area contributed by atoms with Gasteiger partial charge >= 0.3 is 5.97 Å². The molecule has 0 bridgehead atoms. The van der Waals surface area contributed by atoms with Crippen molar-refractivity contribution in [1.29, 1.82) is 0 Å². The molecule has 0 unspecified atom stereocenters. The molecule has 110 valence electrons. The maximum absolute atomic E-state index is 12.2. The van der Waals surface area contributed by atoms with Crippen LogP contribution in [0.5, 0.6) is 0 Å². The summed E-state index contributed by atoms with van der Waals surface area (Å²) in [4.78, 5) is 14.4. The molecule has 1 saturated heterocycles. The Balaban J connectivity index is 2.05. The number of ether oxygens (including phenoxy) is 1. The molecule has 0 radical (unpaired) electrons. The van der Waals surface area contributed by atoms with Gasteiger partial charge < -0.3 is 9.64 Å². The first kappa shape index (κ1) is 14.1. The summed E-state index contributed by atoms with van der Waals surface area (Å²) in [7, 11) is 3.55. The molecule has 2 aromatic carbocycles. The fourth-order valence-corrected chi connectivity index (χ4v) is 3.45. The number of hydrogen-bond donors (Lipinski definition) is 0. The van der Waals surface area contributed by atoms with E-state index in [4.69, 9.17) is 4.74 Å². The van der Waals surface area contributed by atoms with Crippen LogP contribution in [0.1, 0.15) is 17.9 Å². The molecule has 21 heavy (non-hydrogen) atoms. The Morgan fingerprint density at radius 3 is 2.76 bits per heavy atom. The van der Waals surface area contributed by atoms with E-state index in [1.807, 2.05) is 0 Å². The lowest BCUT2D eigenvalue weighted by atomic mass is 9.79. The van der Waals surface area contributed by atoms with Gasteiger partial charge in [-0.3, -0.25) is 4.79 Å². The zero-order valence-electron chi connectivity index (χ0n) is 12.6. The van der Waals surface area contributed by atoms with Gasteiger partial charge in [-0.2, -0.15) is 0 Å². The van der Waals surface area contributed by atoms with Gasteiger partial charge in [-0.25, -0.2) is 0 Å². The van der Waals surface area contributed by atoms with E-state index in [-0.39, 0.29) is 17.8 Å². The fraction of sp³-hybridized carbons (Fsp3) is 0.389. The van der Waals surface area contributed by atoms with Crippen LogP contribution in [0.3, 0.4) is 0 Å². The zero-order valence-corrected chi connectivity index (χ0v) is 12.6. The van der Waals surface area contributed by atoms with Crippen molar-refractivity contribution in [3.05, 3.63) is 48.0 Å². The number of carbonyl (C=O) groups excluding carboxylic acids is 1. The van der Waals surface area contributed by atoms with Gasteiger partial charge in [0.1, 0.15) is 0 Å². The van der Waals surface area contributed by atoms with E-state index in [9.17, 15) is 4.79 Å². The van der Waals surface area contributed by atoms with Crippen molar-refractivity contribution in [2.24, 2.45) is 5.92 Å². The topological polar surface area (TPSA) is 29.5 Å². The first-order chi connectivity index (χ1) is 10.2. The third kappa shape index (κ3) is 2.66. The molecule has 2 aromatic rings. The summed E-state index contributed by atoms with van der Waals surface area (Å²) in [6, 6.07) is 14.8. The molecule has 0 aliphatic carbocycles. The SMILES string of the molecule is COC(=O)[C@@H]1CN(C)CC[C@@H]1c1cccc2ccccc12. The van der Waals surface area contributed by atoms with Crippen LogP contribution in [-0.2, 0) is 9.53 Å². The summed E-state index contributed by atoms with van der Waals surface area (Å²) >= 11 is 0. The average Bonchev–Trinajstić information content (AvgIpc) is 2.53. The second kappa shape index (κ2) is 5.86. The molecule has 0 N–H and O–H groups in total. The molecule has 1 heterocycles. The Morgan fingerprint density at radius 2 is 1.95 bits per heavy atom. The Hall–Kier alpha value is -1.87. The van der Waals surface area contributed by atoms with E-state index >= 15 is 0 Å². The van der Waals surface area contributed by atoms with Gasteiger partial charge in [0.05, 0.1) is 13.0 Å². The van der Waals surface area contributed by atoms with Gasteiger partial charge in [0.2, 0.25) is 0 Å². The maximum Gasteiger partial charge on any atom is 0.310 e. The minimum absolute atomic E-state index is 0.0837. The van der Waals surface area contributed by atoms with Crippen molar-refractivity contribution in [2.75, 3.05) is 27.2 Å². The number of rotatable bonds is 2. The summed E-state index contributed by atoms with van der Waals surface area (Å²) in [5.41, 5.74) is 1.27. The van der Waals surface area contributed by atoms with E-state index in [0.29, 0.717) is 0 Å². The van der Waals surface area contributed by atoms with Crippen LogP contribution in [0.15, 0.2) is 42.5 Å². The highest BCUT2D eigenvalue weighted by Gasteiger charge is 2.35.